The lowest BCUT2D eigenvalue weighted by atomic mass is 9.91. The molecule has 0 aromatic carbocycles. The molecule has 1 aliphatic rings. The molecule has 0 radical (unpaired) electrons. The minimum absolute atomic E-state index is 0.0194. The van der Waals surface area contributed by atoms with Gasteiger partial charge in [0.15, 0.2) is 0 Å². The van der Waals surface area contributed by atoms with Crippen molar-refractivity contribution in [3.8, 4) is 0 Å². The Balaban J connectivity index is 2.21. The van der Waals surface area contributed by atoms with Crippen LogP contribution in [0.1, 0.15) is 23.7 Å². The quantitative estimate of drug-likeness (QED) is 0.512. The molecule has 0 spiro atoms. The average Bonchev–Trinajstić information content (AvgIpc) is 2.34. The van der Waals surface area contributed by atoms with Crippen LogP contribution >= 0.6 is 11.6 Å². The largest absolute Gasteiger partial charge is 0.386 e. The van der Waals surface area contributed by atoms with Gasteiger partial charge in [-0.15, -0.1) is 0 Å². The van der Waals surface area contributed by atoms with Crippen LogP contribution < -0.4 is 0 Å². The number of aliphatic hydroxyl groups is 1. The number of aromatic nitrogens is 1. The first kappa shape index (κ1) is 13.7. The number of carbonyl (C=O) groups is 1. The molecule has 2 rings (SSSR count). The number of rotatable bonds is 3. The van der Waals surface area contributed by atoms with E-state index in [1.54, 1.807) is 0 Å². The second-order valence-corrected chi connectivity index (χ2v) is 4.89. The summed E-state index contributed by atoms with van der Waals surface area (Å²) >= 11 is 5.78. The number of likely N-dealkylation sites (tertiary alicyclic amines) is 1. The highest BCUT2D eigenvalue weighted by atomic mass is 35.5. The summed E-state index contributed by atoms with van der Waals surface area (Å²) in [5.41, 5.74) is -1.18. The maximum Gasteiger partial charge on any atom is 0.288 e. The van der Waals surface area contributed by atoms with E-state index < -0.39 is 16.4 Å². The van der Waals surface area contributed by atoms with Crippen LogP contribution in [-0.2, 0) is 0 Å². The van der Waals surface area contributed by atoms with Gasteiger partial charge in [0.25, 0.3) is 11.6 Å². The molecule has 1 aliphatic heterocycles. The van der Waals surface area contributed by atoms with Gasteiger partial charge in [0.05, 0.1) is 29.2 Å². The van der Waals surface area contributed by atoms with Gasteiger partial charge in [-0.2, -0.15) is 0 Å². The standard InChI is InChI=1S/C11H12ClN3O4/c1-2-11(17)5-14(6-11)10(16)8-3-7(15(18)19)4-13-9(8)12/h3-4,17H,2,5-6H2,1H3. The molecule has 1 N–H and O–H groups in total. The summed E-state index contributed by atoms with van der Waals surface area (Å²) in [5.74, 6) is -0.459. The summed E-state index contributed by atoms with van der Waals surface area (Å²) in [4.78, 5) is 27.1. The summed E-state index contributed by atoms with van der Waals surface area (Å²) in [6.07, 6.45) is 1.54. The average molecular weight is 286 g/mol. The molecule has 1 aromatic heterocycles. The number of β-amino-alcohol motifs (C(OH)–C–C–N with tert-alkyl or cyclic N) is 1. The van der Waals surface area contributed by atoms with Crippen LogP contribution in [-0.4, -0.2) is 44.5 Å². The van der Waals surface area contributed by atoms with E-state index in [4.69, 9.17) is 11.6 Å². The molecule has 0 aliphatic carbocycles. The number of carbonyl (C=O) groups excluding carboxylic acids is 1. The predicted molar refractivity (Wildman–Crippen MR) is 67.0 cm³/mol. The van der Waals surface area contributed by atoms with Crippen molar-refractivity contribution < 1.29 is 14.8 Å². The highest BCUT2D eigenvalue weighted by molar-refractivity contribution is 6.32. The number of nitrogens with zero attached hydrogens (tertiary/aromatic N) is 3. The SMILES string of the molecule is CCC1(O)CN(C(=O)c2cc([N+](=O)[O-])cnc2Cl)C1. The van der Waals surface area contributed by atoms with Crippen molar-refractivity contribution in [2.24, 2.45) is 0 Å². The molecule has 7 nitrogen and oxygen atoms in total. The van der Waals surface area contributed by atoms with Gasteiger partial charge in [-0.05, 0) is 6.42 Å². The van der Waals surface area contributed by atoms with E-state index in [2.05, 4.69) is 4.98 Å². The lowest BCUT2D eigenvalue weighted by Gasteiger charge is -2.46. The zero-order valence-electron chi connectivity index (χ0n) is 10.2. The Morgan fingerprint density at radius 3 is 2.84 bits per heavy atom. The van der Waals surface area contributed by atoms with Crippen molar-refractivity contribution in [1.29, 1.82) is 0 Å². The summed E-state index contributed by atoms with van der Waals surface area (Å²) in [6.45, 7) is 2.21. The third-order valence-corrected chi connectivity index (χ3v) is 3.48. The molecule has 1 fully saturated rings. The molecule has 0 bridgehead atoms. The van der Waals surface area contributed by atoms with Gasteiger partial charge in [-0.25, -0.2) is 4.98 Å². The second kappa shape index (κ2) is 4.75. The second-order valence-electron chi connectivity index (χ2n) is 4.53. The van der Waals surface area contributed by atoms with E-state index in [1.807, 2.05) is 6.92 Å². The minimum Gasteiger partial charge on any atom is -0.386 e. The Bertz CT molecular complexity index is 543. The normalized spacial score (nSPS) is 16.9. The molecular weight excluding hydrogens is 274 g/mol. The highest BCUT2D eigenvalue weighted by Gasteiger charge is 2.42. The number of halogens is 1. The molecule has 0 atom stereocenters. The van der Waals surface area contributed by atoms with E-state index >= 15 is 0 Å². The molecular formula is C11H12ClN3O4. The fourth-order valence-corrected chi connectivity index (χ4v) is 2.07. The molecule has 19 heavy (non-hydrogen) atoms. The maximum atomic E-state index is 12.1. The van der Waals surface area contributed by atoms with Gasteiger partial charge in [-0.1, -0.05) is 18.5 Å². The third-order valence-electron chi connectivity index (χ3n) is 3.18. The van der Waals surface area contributed by atoms with Crippen LogP contribution in [0.4, 0.5) is 5.69 Å². The highest BCUT2D eigenvalue weighted by Crippen LogP contribution is 2.28. The summed E-state index contributed by atoms with van der Waals surface area (Å²) < 4.78 is 0. The minimum atomic E-state index is -0.865. The van der Waals surface area contributed by atoms with Gasteiger partial charge < -0.3 is 10.0 Å². The van der Waals surface area contributed by atoms with Gasteiger partial charge in [-0.3, -0.25) is 14.9 Å². The molecule has 8 heteroatoms. The lowest BCUT2D eigenvalue weighted by Crippen LogP contribution is -2.63. The zero-order chi connectivity index (χ0) is 14.2. The fraction of sp³-hybridized carbons (Fsp3) is 0.455. The monoisotopic (exact) mass is 285 g/mol. The number of pyridine rings is 1. The summed E-state index contributed by atoms with van der Waals surface area (Å²) in [5, 5.41) is 20.4. The van der Waals surface area contributed by atoms with Crippen LogP contribution in [0.25, 0.3) is 0 Å². The number of nitro groups is 1. The Labute approximate surface area is 114 Å². The van der Waals surface area contributed by atoms with E-state index in [0.29, 0.717) is 6.42 Å². The predicted octanol–water partition coefficient (Wildman–Crippen LogP) is 1.24. The van der Waals surface area contributed by atoms with E-state index in [9.17, 15) is 20.0 Å². The van der Waals surface area contributed by atoms with Crippen molar-refractivity contribution in [2.75, 3.05) is 13.1 Å². The van der Waals surface area contributed by atoms with Crippen molar-refractivity contribution >= 4 is 23.2 Å². The first-order valence-electron chi connectivity index (χ1n) is 5.68. The molecule has 0 unspecified atom stereocenters. The Kier molecular flexibility index (Phi) is 3.42. The summed E-state index contributed by atoms with van der Waals surface area (Å²) in [7, 11) is 0. The van der Waals surface area contributed by atoms with E-state index in [-0.39, 0.29) is 29.5 Å². The van der Waals surface area contributed by atoms with Crippen LogP contribution in [0.5, 0.6) is 0 Å². The Morgan fingerprint density at radius 2 is 2.32 bits per heavy atom. The van der Waals surface area contributed by atoms with E-state index in [0.717, 1.165) is 12.3 Å². The van der Waals surface area contributed by atoms with Crippen molar-refractivity contribution in [3.63, 3.8) is 0 Å². The number of amides is 1. The Hall–Kier alpha value is -1.73. The van der Waals surface area contributed by atoms with Crippen LogP contribution in [0.15, 0.2) is 12.3 Å². The van der Waals surface area contributed by atoms with Gasteiger partial charge in [0.1, 0.15) is 11.3 Å². The molecule has 1 amide bonds. The first-order chi connectivity index (χ1) is 8.86. The van der Waals surface area contributed by atoms with Gasteiger partial charge in [0.2, 0.25) is 0 Å². The van der Waals surface area contributed by atoms with Crippen molar-refractivity contribution in [2.45, 2.75) is 18.9 Å². The smallest absolute Gasteiger partial charge is 0.288 e. The lowest BCUT2D eigenvalue weighted by molar-refractivity contribution is -0.385. The van der Waals surface area contributed by atoms with Gasteiger partial charge in [0, 0.05) is 6.07 Å². The van der Waals surface area contributed by atoms with Crippen molar-refractivity contribution in [3.05, 3.63) is 33.1 Å². The van der Waals surface area contributed by atoms with Crippen LogP contribution in [0, 0.1) is 10.1 Å². The summed E-state index contributed by atoms with van der Waals surface area (Å²) in [6, 6.07) is 1.10. The topological polar surface area (TPSA) is 96.6 Å². The van der Waals surface area contributed by atoms with Gasteiger partial charge >= 0.3 is 0 Å². The van der Waals surface area contributed by atoms with Crippen LogP contribution in [0.3, 0.4) is 0 Å². The molecule has 1 aromatic rings. The first-order valence-corrected chi connectivity index (χ1v) is 6.06. The number of hydrogen-bond donors (Lipinski definition) is 1. The third kappa shape index (κ3) is 2.52. The molecule has 1 saturated heterocycles. The van der Waals surface area contributed by atoms with Crippen LogP contribution in [0.2, 0.25) is 5.15 Å². The molecule has 2 heterocycles. The van der Waals surface area contributed by atoms with Crippen molar-refractivity contribution in [1.82, 2.24) is 9.88 Å². The fourth-order valence-electron chi connectivity index (χ4n) is 1.89. The maximum absolute atomic E-state index is 12.1. The number of hydrogen-bond acceptors (Lipinski definition) is 5. The Morgan fingerprint density at radius 1 is 1.68 bits per heavy atom. The molecule has 102 valence electrons. The zero-order valence-corrected chi connectivity index (χ0v) is 10.9. The molecule has 0 saturated carbocycles. The van der Waals surface area contributed by atoms with E-state index in [1.165, 1.54) is 4.90 Å².